The van der Waals surface area contributed by atoms with E-state index in [9.17, 15) is 18.8 Å². The van der Waals surface area contributed by atoms with E-state index >= 15 is 0 Å². The monoisotopic (exact) mass is 462 g/mol. The lowest BCUT2D eigenvalue weighted by atomic mass is 9.79. The van der Waals surface area contributed by atoms with E-state index in [2.05, 4.69) is 11.2 Å². The summed E-state index contributed by atoms with van der Waals surface area (Å²) in [5, 5.41) is 25.8. The molecule has 5 rings (SSSR count). The van der Waals surface area contributed by atoms with Crippen LogP contribution in [-0.2, 0) is 14.6 Å². The molecule has 162 valence electrons. The van der Waals surface area contributed by atoms with E-state index in [4.69, 9.17) is 25.6 Å². The molecule has 0 bridgehead atoms. The van der Waals surface area contributed by atoms with Gasteiger partial charge in [-0.1, -0.05) is 11.6 Å². The third-order valence-electron chi connectivity index (χ3n) is 6.19. The van der Waals surface area contributed by atoms with Crippen LogP contribution in [-0.4, -0.2) is 48.0 Å². The quantitative estimate of drug-likeness (QED) is 0.722. The average Bonchev–Trinajstić information content (AvgIpc) is 3.15. The first-order chi connectivity index (χ1) is 14.8. The maximum atomic E-state index is 12.0. The Morgan fingerprint density at radius 1 is 1.29 bits per heavy atom. The molecular weight excluding hydrogens is 444 g/mol. The van der Waals surface area contributed by atoms with Crippen LogP contribution in [0, 0.1) is 11.3 Å². The summed E-state index contributed by atoms with van der Waals surface area (Å²) in [6.45, 7) is 0. The molecule has 1 aromatic carbocycles. The molecule has 2 aliphatic heterocycles. The van der Waals surface area contributed by atoms with Crippen molar-refractivity contribution in [2.45, 2.75) is 43.5 Å². The number of hydrogen-bond acceptors (Lipinski definition) is 8. The molecule has 0 saturated carbocycles. The van der Waals surface area contributed by atoms with Crippen LogP contribution in [0.5, 0.6) is 5.88 Å². The number of aliphatic hydroxyl groups is 1. The average molecular weight is 463 g/mol. The number of allylic oxidation sites excluding steroid dienone is 2. The van der Waals surface area contributed by atoms with Crippen LogP contribution in [0.3, 0.4) is 0 Å². The lowest BCUT2D eigenvalue weighted by Gasteiger charge is -2.48. The van der Waals surface area contributed by atoms with E-state index in [1.807, 2.05) is 0 Å². The van der Waals surface area contributed by atoms with Gasteiger partial charge in [-0.15, -0.1) is 0 Å². The lowest BCUT2D eigenvalue weighted by Crippen LogP contribution is -2.59. The number of nitriles is 1. The lowest BCUT2D eigenvalue weighted by molar-refractivity contribution is -0.148. The third-order valence-corrected chi connectivity index (χ3v) is 8.07. The Hall–Kier alpha value is -2.54. The highest BCUT2D eigenvalue weighted by Crippen LogP contribution is 2.45. The molecule has 1 spiro atoms. The van der Waals surface area contributed by atoms with Gasteiger partial charge in [-0.25, -0.2) is 8.42 Å². The zero-order valence-corrected chi connectivity index (χ0v) is 17.9. The van der Waals surface area contributed by atoms with Crippen molar-refractivity contribution in [2.24, 2.45) is 0 Å². The second-order valence-corrected chi connectivity index (χ2v) is 10.8. The highest BCUT2D eigenvalue weighted by Gasteiger charge is 2.54. The van der Waals surface area contributed by atoms with Crippen molar-refractivity contribution in [2.75, 3.05) is 11.5 Å². The first-order valence-corrected chi connectivity index (χ1v) is 12.1. The Bertz CT molecular complexity index is 1260. The molecule has 0 radical (unpaired) electrons. The number of ether oxygens (including phenoxy) is 2. The normalized spacial score (nSPS) is 26.7. The van der Waals surface area contributed by atoms with E-state index in [1.54, 1.807) is 24.3 Å². The van der Waals surface area contributed by atoms with Gasteiger partial charge in [0, 0.05) is 41.5 Å². The summed E-state index contributed by atoms with van der Waals surface area (Å²) in [6, 6.07) is 7.16. The second-order valence-electron chi connectivity index (χ2n) is 8.09. The number of halogens is 1. The molecule has 1 fully saturated rings. The molecule has 1 aliphatic carbocycles. The Morgan fingerprint density at radius 3 is 2.81 bits per heavy atom. The predicted molar refractivity (Wildman–Crippen MR) is 111 cm³/mol. The van der Waals surface area contributed by atoms with Crippen LogP contribution in [0.2, 0.25) is 5.02 Å². The molecule has 2 aromatic rings. The van der Waals surface area contributed by atoms with Crippen molar-refractivity contribution in [1.82, 2.24) is 5.16 Å². The van der Waals surface area contributed by atoms with Gasteiger partial charge in [-0.3, -0.25) is 0 Å². The maximum Gasteiger partial charge on any atom is 0.262 e. The van der Waals surface area contributed by atoms with Crippen molar-refractivity contribution in [1.29, 1.82) is 5.26 Å². The zero-order valence-electron chi connectivity index (χ0n) is 16.4. The van der Waals surface area contributed by atoms with Crippen molar-refractivity contribution >= 4 is 32.4 Å². The van der Waals surface area contributed by atoms with Crippen molar-refractivity contribution in [3.05, 3.63) is 46.2 Å². The highest BCUT2D eigenvalue weighted by atomic mass is 35.5. The van der Waals surface area contributed by atoms with Gasteiger partial charge in [0.05, 0.1) is 23.0 Å². The van der Waals surface area contributed by atoms with Crippen LogP contribution in [0.15, 0.2) is 45.7 Å². The standard InChI is InChI=1S/C21H19ClN2O6S/c22-13-2-3-14-17(10-13)30-24-20(14)28-18-15-9-12(11-23)1-4-16(15)29-21(19(18)25)5-7-31(26,27)8-6-21/h2-3,9-10,18-19,25H,1,4-8H2/t18-,19+/m1/s1. The highest BCUT2D eigenvalue weighted by molar-refractivity contribution is 7.91. The minimum absolute atomic E-state index is 0.0654. The van der Waals surface area contributed by atoms with Crippen LogP contribution < -0.4 is 4.74 Å². The van der Waals surface area contributed by atoms with Gasteiger partial charge in [0.1, 0.15) is 17.5 Å². The summed E-state index contributed by atoms with van der Waals surface area (Å²) in [4.78, 5) is 0. The zero-order chi connectivity index (χ0) is 21.8. The molecule has 3 aliphatic rings. The second kappa shape index (κ2) is 7.26. The topological polar surface area (TPSA) is 123 Å². The minimum Gasteiger partial charge on any atom is -0.488 e. The molecule has 10 heteroatoms. The fourth-order valence-corrected chi connectivity index (χ4v) is 6.11. The fourth-order valence-electron chi connectivity index (χ4n) is 4.43. The summed E-state index contributed by atoms with van der Waals surface area (Å²) >= 11 is 6.01. The molecule has 2 atom stereocenters. The molecule has 8 nitrogen and oxygen atoms in total. The first kappa shape index (κ1) is 20.4. The summed E-state index contributed by atoms with van der Waals surface area (Å²) in [7, 11) is -3.17. The summed E-state index contributed by atoms with van der Waals surface area (Å²) in [5.41, 5.74) is 0.491. The van der Waals surface area contributed by atoms with Gasteiger partial charge in [0.15, 0.2) is 21.5 Å². The summed E-state index contributed by atoms with van der Waals surface area (Å²) < 4.78 is 41.7. The smallest absolute Gasteiger partial charge is 0.262 e. The first-order valence-electron chi connectivity index (χ1n) is 9.93. The SMILES string of the molecule is N#CC1=CC2=C(CC1)OC1(CCS(=O)(=O)CC1)[C@@H](O)[C@@H]2Oc1noc2cc(Cl)ccc12. The van der Waals surface area contributed by atoms with E-state index in [1.165, 1.54) is 0 Å². The fraction of sp³-hybridized carbons (Fsp3) is 0.429. The van der Waals surface area contributed by atoms with E-state index in [0.29, 0.717) is 45.7 Å². The largest absolute Gasteiger partial charge is 0.488 e. The molecule has 31 heavy (non-hydrogen) atoms. The molecule has 1 aromatic heterocycles. The molecule has 3 heterocycles. The van der Waals surface area contributed by atoms with Crippen LogP contribution >= 0.6 is 11.6 Å². The Morgan fingerprint density at radius 2 is 2.06 bits per heavy atom. The maximum absolute atomic E-state index is 12.0. The van der Waals surface area contributed by atoms with E-state index in [0.717, 1.165) is 0 Å². The van der Waals surface area contributed by atoms with Crippen LogP contribution in [0.1, 0.15) is 25.7 Å². The third kappa shape index (κ3) is 3.49. The van der Waals surface area contributed by atoms with Crippen LogP contribution in [0.25, 0.3) is 11.0 Å². The molecule has 1 saturated heterocycles. The van der Waals surface area contributed by atoms with Crippen molar-refractivity contribution < 1.29 is 27.5 Å². The van der Waals surface area contributed by atoms with Gasteiger partial charge < -0.3 is 19.1 Å². The van der Waals surface area contributed by atoms with Gasteiger partial charge in [0.25, 0.3) is 5.88 Å². The Balaban J connectivity index is 1.57. The molecule has 1 N–H and O–H groups in total. The summed E-state index contributed by atoms with van der Waals surface area (Å²) in [6.07, 6.45) is 0.947. The summed E-state index contributed by atoms with van der Waals surface area (Å²) in [5.74, 6) is 0.665. The Kier molecular flexibility index (Phi) is 4.77. The van der Waals surface area contributed by atoms with Crippen molar-refractivity contribution in [3.8, 4) is 11.9 Å². The minimum atomic E-state index is -3.17. The van der Waals surface area contributed by atoms with E-state index < -0.39 is 27.6 Å². The van der Waals surface area contributed by atoms with Gasteiger partial charge in [0.2, 0.25) is 0 Å². The molecular formula is C21H19ClN2O6S. The van der Waals surface area contributed by atoms with Gasteiger partial charge in [-0.2, -0.15) is 5.26 Å². The number of nitrogens with zero attached hydrogens (tertiary/aromatic N) is 2. The number of fused-ring (bicyclic) bond motifs is 1. The van der Waals surface area contributed by atoms with E-state index in [-0.39, 0.29) is 30.2 Å². The molecule has 0 unspecified atom stereocenters. The van der Waals surface area contributed by atoms with Gasteiger partial charge in [-0.05, 0) is 29.8 Å². The number of aliphatic hydroxyl groups excluding tert-OH is 1. The van der Waals surface area contributed by atoms with Crippen molar-refractivity contribution in [3.63, 3.8) is 0 Å². The van der Waals surface area contributed by atoms with Gasteiger partial charge >= 0.3 is 0 Å². The number of benzene rings is 1. The number of aromatic nitrogens is 1. The van der Waals surface area contributed by atoms with Crippen LogP contribution in [0.4, 0.5) is 0 Å². The molecule has 0 amide bonds. The number of rotatable bonds is 2. The number of sulfone groups is 1. The predicted octanol–water partition coefficient (Wildman–Crippen LogP) is 3.06. The Labute approximate surface area is 183 Å². The number of hydrogen-bond donors (Lipinski definition) is 1.